The third-order valence-corrected chi connectivity index (χ3v) is 5.71. The molecule has 160 valence electrons. The van der Waals surface area contributed by atoms with Crippen molar-refractivity contribution < 1.29 is 9.53 Å². The molecule has 0 spiro atoms. The lowest BCUT2D eigenvalue weighted by molar-refractivity contribution is 0.0602. The lowest BCUT2D eigenvalue weighted by Gasteiger charge is -2.16. The average Bonchev–Trinajstić information content (AvgIpc) is 3.67. The van der Waals surface area contributed by atoms with Gasteiger partial charge in [0.15, 0.2) is 5.65 Å². The number of methoxy groups -OCH3 is 1. The summed E-state index contributed by atoms with van der Waals surface area (Å²) in [5, 5.41) is 0.0839. The van der Waals surface area contributed by atoms with Crippen molar-refractivity contribution in [3.63, 3.8) is 0 Å². The SMILES string of the molecule is COC(=O)c1cc(C2CC2)nc2c1c(=O)n(Cc1ccccc1)c(=O)n2-c1ccccc1. The van der Waals surface area contributed by atoms with Crippen molar-refractivity contribution in [1.82, 2.24) is 14.1 Å². The van der Waals surface area contributed by atoms with Crippen LogP contribution in [0.25, 0.3) is 16.7 Å². The maximum Gasteiger partial charge on any atom is 0.338 e. The summed E-state index contributed by atoms with van der Waals surface area (Å²) >= 11 is 0. The van der Waals surface area contributed by atoms with Gasteiger partial charge < -0.3 is 4.74 Å². The van der Waals surface area contributed by atoms with E-state index >= 15 is 0 Å². The first-order valence-corrected chi connectivity index (χ1v) is 10.5. The molecule has 7 heteroatoms. The van der Waals surface area contributed by atoms with Crippen molar-refractivity contribution in [2.45, 2.75) is 25.3 Å². The van der Waals surface area contributed by atoms with E-state index in [0.717, 1.165) is 23.0 Å². The molecule has 2 aromatic heterocycles. The normalized spacial score (nSPS) is 13.3. The topological polar surface area (TPSA) is 83.2 Å². The van der Waals surface area contributed by atoms with Crippen LogP contribution in [0.5, 0.6) is 0 Å². The number of hydrogen-bond donors (Lipinski definition) is 0. The molecular formula is C25H21N3O4. The molecule has 0 aliphatic heterocycles. The number of aromatic nitrogens is 3. The minimum atomic E-state index is -0.624. The number of carbonyl (C=O) groups excluding carboxylic acids is 1. The second-order valence-corrected chi connectivity index (χ2v) is 7.89. The van der Waals surface area contributed by atoms with Crippen molar-refractivity contribution in [3.8, 4) is 5.69 Å². The van der Waals surface area contributed by atoms with Gasteiger partial charge in [-0.3, -0.25) is 9.36 Å². The second-order valence-electron chi connectivity index (χ2n) is 7.89. The van der Waals surface area contributed by atoms with Crippen LogP contribution in [0, 0.1) is 0 Å². The Hall–Kier alpha value is -4.00. The highest BCUT2D eigenvalue weighted by atomic mass is 16.5. The lowest BCUT2D eigenvalue weighted by Crippen LogP contribution is -2.40. The van der Waals surface area contributed by atoms with Crippen LogP contribution in [-0.2, 0) is 11.3 Å². The van der Waals surface area contributed by atoms with E-state index in [1.54, 1.807) is 18.2 Å². The van der Waals surface area contributed by atoms with Crippen LogP contribution < -0.4 is 11.2 Å². The number of fused-ring (bicyclic) bond motifs is 1. The molecule has 0 radical (unpaired) electrons. The van der Waals surface area contributed by atoms with Gasteiger partial charge in [-0.2, -0.15) is 0 Å². The largest absolute Gasteiger partial charge is 0.465 e. The summed E-state index contributed by atoms with van der Waals surface area (Å²) in [4.78, 5) is 44.6. The molecule has 7 nitrogen and oxygen atoms in total. The summed E-state index contributed by atoms with van der Waals surface area (Å²) in [6, 6.07) is 19.9. The van der Waals surface area contributed by atoms with Crippen LogP contribution in [0.15, 0.2) is 76.3 Å². The molecule has 0 atom stereocenters. The predicted molar refractivity (Wildman–Crippen MR) is 120 cm³/mol. The van der Waals surface area contributed by atoms with Crippen LogP contribution in [0.3, 0.4) is 0 Å². The van der Waals surface area contributed by atoms with Crippen LogP contribution in [0.1, 0.15) is 40.4 Å². The maximum atomic E-state index is 13.6. The van der Waals surface area contributed by atoms with Gasteiger partial charge in [0.2, 0.25) is 0 Å². The average molecular weight is 427 g/mol. The number of pyridine rings is 1. The molecule has 1 aliphatic carbocycles. The van der Waals surface area contributed by atoms with Crippen LogP contribution >= 0.6 is 0 Å². The zero-order chi connectivity index (χ0) is 22.2. The monoisotopic (exact) mass is 427 g/mol. The third kappa shape index (κ3) is 3.41. The van der Waals surface area contributed by atoms with Gasteiger partial charge in [-0.1, -0.05) is 48.5 Å². The van der Waals surface area contributed by atoms with Gasteiger partial charge in [0.25, 0.3) is 5.56 Å². The lowest BCUT2D eigenvalue weighted by atomic mass is 10.1. The zero-order valence-electron chi connectivity index (χ0n) is 17.5. The number of ether oxygens (including phenoxy) is 1. The first-order valence-electron chi connectivity index (χ1n) is 10.5. The first kappa shape index (κ1) is 19.9. The van der Waals surface area contributed by atoms with E-state index in [-0.39, 0.29) is 29.1 Å². The number of nitrogens with zero attached hydrogens (tertiary/aromatic N) is 3. The van der Waals surface area contributed by atoms with Crippen molar-refractivity contribution in [1.29, 1.82) is 0 Å². The molecule has 1 aliphatic rings. The van der Waals surface area contributed by atoms with Gasteiger partial charge in [0.1, 0.15) is 0 Å². The smallest absolute Gasteiger partial charge is 0.338 e. The molecule has 5 rings (SSSR count). The van der Waals surface area contributed by atoms with Gasteiger partial charge in [-0.25, -0.2) is 19.1 Å². The highest BCUT2D eigenvalue weighted by Gasteiger charge is 2.30. The Morgan fingerprint density at radius 2 is 1.69 bits per heavy atom. The fraction of sp³-hybridized carbons (Fsp3) is 0.200. The molecule has 0 bridgehead atoms. The second kappa shape index (κ2) is 7.92. The Morgan fingerprint density at radius 3 is 2.31 bits per heavy atom. The van der Waals surface area contributed by atoms with Crippen LogP contribution in [0.2, 0.25) is 0 Å². The van der Waals surface area contributed by atoms with Crippen LogP contribution in [-0.4, -0.2) is 27.2 Å². The summed E-state index contributed by atoms with van der Waals surface area (Å²) < 4.78 is 7.55. The van der Waals surface area contributed by atoms with E-state index in [1.165, 1.54) is 11.7 Å². The molecule has 0 unspecified atom stereocenters. The summed E-state index contributed by atoms with van der Waals surface area (Å²) in [6.45, 7) is 0.0757. The number of carbonyl (C=O) groups is 1. The quantitative estimate of drug-likeness (QED) is 0.457. The molecule has 1 saturated carbocycles. The van der Waals surface area contributed by atoms with Crippen molar-refractivity contribution >= 4 is 17.0 Å². The molecule has 0 N–H and O–H groups in total. The Morgan fingerprint density at radius 1 is 1.03 bits per heavy atom. The fourth-order valence-corrected chi connectivity index (χ4v) is 3.93. The Bertz CT molecular complexity index is 1440. The molecule has 1 fully saturated rings. The van der Waals surface area contributed by atoms with E-state index in [0.29, 0.717) is 11.4 Å². The Labute approximate surface area is 183 Å². The predicted octanol–water partition coefficient (Wildman–Crippen LogP) is 3.26. The van der Waals surface area contributed by atoms with Crippen molar-refractivity contribution in [2.75, 3.05) is 7.11 Å². The summed E-state index contributed by atoms with van der Waals surface area (Å²) in [5.74, 6) is -0.408. The highest BCUT2D eigenvalue weighted by molar-refractivity contribution is 6.02. The standard InChI is InChI=1S/C25H21N3O4/c1-32-24(30)19-14-20(17-12-13-17)26-22-21(19)23(29)27(15-16-8-4-2-5-9-16)25(31)28(22)18-10-6-3-7-11-18/h2-11,14,17H,12-13,15H2,1H3. The van der Waals surface area contributed by atoms with Crippen LogP contribution in [0.4, 0.5) is 0 Å². The molecule has 0 amide bonds. The Kier molecular flexibility index (Phi) is 4.93. The fourth-order valence-electron chi connectivity index (χ4n) is 3.93. The number of esters is 1. The van der Waals surface area contributed by atoms with Gasteiger partial charge >= 0.3 is 11.7 Å². The molecule has 4 aromatic rings. The number of benzene rings is 2. The van der Waals surface area contributed by atoms with E-state index < -0.39 is 17.2 Å². The minimum Gasteiger partial charge on any atom is -0.465 e. The number of rotatable bonds is 5. The van der Waals surface area contributed by atoms with Crippen molar-refractivity contribution in [2.24, 2.45) is 0 Å². The molecular weight excluding hydrogens is 406 g/mol. The number of para-hydroxylation sites is 1. The summed E-state index contributed by atoms with van der Waals surface area (Å²) in [7, 11) is 1.28. The van der Waals surface area contributed by atoms with Gasteiger partial charge in [-0.05, 0) is 36.6 Å². The maximum absolute atomic E-state index is 13.6. The first-order chi connectivity index (χ1) is 15.6. The van der Waals surface area contributed by atoms with Gasteiger partial charge in [-0.15, -0.1) is 0 Å². The molecule has 0 saturated heterocycles. The van der Waals surface area contributed by atoms with E-state index in [2.05, 4.69) is 0 Å². The molecule has 2 aromatic carbocycles. The summed E-state index contributed by atoms with van der Waals surface area (Å²) in [6.07, 6.45) is 1.92. The third-order valence-electron chi connectivity index (χ3n) is 5.71. The summed E-state index contributed by atoms with van der Waals surface area (Å²) in [5.41, 5.74) is 1.32. The Balaban J connectivity index is 1.90. The molecule has 32 heavy (non-hydrogen) atoms. The van der Waals surface area contributed by atoms with E-state index in [9.17, 15) is 14.4 Å². The van der Waals surface area contributed by atoms with E-state index in [4.69, 9.17) is 9.72 Å². The molecule has 2 heterocycles. The van der Waals surface area contributed by atoms with Gasteiger partial charge in [0, 0.05) is 11.6 Å². The minimum absolute atomic E-state index is 0.0757. The highest BCUT2D eigenvalue weighted by Crippen LogP contribution is 2.40. The zero-order valence-corrected chi connectivity index (χ0v) is 17.5. The number of hydrogen-bond acceptors (Lipinski definition) is 5. The van der Waals surface area contributed by atoms with Crippen molar-refractivity contribution in [3.05, 3.63) is 104 Å². The van der Waals surface area contributed by atoms with E-state index in [1.807, 2.05) is 48.5 Å². The van der Waals surface area contributed by atoms with Gasteiger partial charge in [0.05, 0.1) is 30.3 Å².